The number of rotatable bonds is 10. The molecule has 26 heavy (non-hydrogen) atoms. The fraction of sp³-hybridized carbons (Fsp3) is 0.600. The number of nitrogens with zero attached hydrogens (tertiary/aromatic N) is 3. The molecule has 11 heteroatoms. The van der Waals surface area contributed by atoms with Gasteiger partial charge in [0.05, 0.1) is 19.8 Å². The van der Waals surface area contributed by atoms with Crippen LogP contribution < -0.4 is 5.32 Å². The van der Waals surface area contributed by atoms with Gasteiger partial charge in [0.2, 0.25) is 11.4 Å². The average molecular weight is 370 g/mol. The van der Waals surface area contributed by atoms with Gasteiger partial charge in [0.1, 0.15) is 12.4 Å². The molecule has 144 valence electrons. The van der Waals surface area contributed by atoms with Crippen molar-refractivity contribution < 1.29 is 28.8 Å². The Labute approximate surface area is 149 Å². The van der Waals surface area contributed by atoms with Gasteiger partial charge in [-0.25, -0.2) is 14.2 Å². The number of hydrogen-bond donors (Lipinski definition) is 1. The second-order valence-electron chi connectivity index (χ2n) is 5.31. The van der Waals surface area contributed by atoms with Gasteiger partial charge in [-0.15, -0.1) is 0 Å². The Kier molecular flexibility index (Phi) is 7.69. The molecule has 1 amide bonds. The first-order valence-corrected chi connectivity index (χ1v) is 8.07. The molecular formula is C15H22N4O7. The van der Waals surface area contributed by atoms with E-state index in [-0.39, 0.29) is 38.5 Å². The number of aromatic nitrogens is 2. The Hall–Kier alpha value is -2.98. The first-order chi connectivity index (χ1) is 12.3. The third-order valence-electron chi connectivity index (χ3n) is 3.44. The van der Waals surface area contributed by atoms with Crippen molar-refractivity contribution in [2.24, 2.45) is 0 Å². The number of amides is 1. The number of nitro groups is 1. The molecule has 0 aliphatic carbocycles. The highest BCUT2D eigenvalue weighted by molar-refractivity contribution is 6.07. The van der Waals surface area contributed by atoms with Crippen molar-refractivity contribution in [2.45, 2.75) is 45.7 Å². The smallest absolute Gasteiger partial charge is 0.434 e. The zero-order valence-electron chi connectivity index (χ0n) is 14.9. The van der Waals surface area contributed by atoms with Gasteiger partial charge in [0.15, 0.2) is 0 Å². The lowest BCUT2D eigenvalue weighted by atomic mass is 9.92. The predicted molar refractivity (Wildman–Crippen MR) is 87.9 cm³/mol. The van der Waals surface area contributed by atoms with Crippen molar-refractivity contribution in [3.05, 3.63) is 22.5 Å². The molecule has 0 atom stereocenters. The summed E-state index contributed by atoms with van der Waals surface area (Å²) in [6.07, 6.45) is 2.68. The van der Waals surface area contributed by atoms with Crippen LogP contribution in [0.15, 0.2) is 12.4 Å². The molecule has 0 saturated heterocycles. The maximum absolute atomic E-state index is 12.4. The Bertz CT molecular complexity index is 653. The van der Waals surface area contributed by atoms with Crippen LogP contribution in [-0.4, -0.2) is 51.1 Å². The molecule has 0 fully saturated rings. The zero-order valence-corrected chi connectivity index (χ0v) is 14.9. The van der Waals surface area contributed by atoms with E-state index in [4.69, 9.17) is 9.47 Å². The van der Waals surface area contributed by atoms with Crippen molar-refractivity contribution in [1.29, 1.82) is 0 Å². The minimum atomic E-state index is -2.01. The number of aryl methyl sites for hydroxylation is 1. The number of carbonyl (C=O) groups is 3. The minimum Gasteiger partial charge on any atom is -0.464 e. The summed E-state index contributed by atoms with van der Waals surface area (Å²) in [4.78, 5) is 50.3. The summed E-state index contributed by atoms with van der Waals surface area (Å²) >= 11 is 0. The van der Waals surface area contributed by atoms with Crippen LogP contribution in [0.2, 0.25) is 0 Å². The van der Waals surface area contributed by atoms with E-state index in [1.165, 1.54) is 17.0 Å². The second-order valence-corrected chi connectivity index (χ2v) is 5.31. The average Bonchev–Trinajstić information content (AvgIpc) is 3.02. The molecule has 1 aromatic rings. The van der Waals surface area contributed by atoms with Crippen molar-refractivity contribution in [3.8, 4) is 0 Å². The molecule has 0 aliphatic rings. The van der Waals surface area contributed by atoms with Crippen molar-refractivity contribution in [1.82, 2.24) is 14.9 Å². The van der Waals surface area contributed by atoms with E-state index in [1.54, 1.807) is 13.8 Å². The Morgan fingerprint density at radius 2 is 1.85 bits per heavy atom. The lowest BCUT2D eigenvalue weighted by Crippen LogP contribution is -2.61. The molecule has 0 spiro atoms. The summed E-state index contributed by atoms with van der Waals surface area (Å²) in [5, 5.41) is 13.2. The Morgan fingerprint density at radius 1 is 1.27 bits per heavy atom. The van der Waals surface area contributed by atoms with E-state index >= 15 is 0 Å². The number of imidazole rings is 1. The van der Waals surface area contributed by atoms with E-state index in [0.29, 0.717) is 0 Å². The highest BCUT2D eigenvalue weighted by Gasteiger charge is 2.49. The number of carbonyl (C=O) groups excluding carboxylic acids is 3. The molecule has 0 aliphatic heterocycles. The summed E-state index contributed by atoms with van der Waals surface area (Å²) < 4.78 is 11.2. The SMILES string of the molecule is CCOC(=O)C(CCCn1ccnc1[N+](=O)[O-])(NC(C)=O)C(=O)OCC. The van der Waals surface area contributed by atoms with Gasteiger partial charge in [-0.1, -0.05) is 4.98 Å². The molecule has 0 unspecified atom stereocenters. The van der Waals surface area contributed by atoms with Gasteiger partial charge in [0.25, 0.3) is 0 Å². The van der Waals surface area contributed by atoms with Crippen molar-refractivity contribution >= 4 is 23.8 Å². The van der Waals surface area contributed by atoms with Gasteiger partial charge >= 0.3 is 17.9 Å². The number of esters is 2. The van der Waals surface area contributed by atoms with Crippen LogP contribution in [0.5, 0.6) is 0 Å². The highest BCUT2D eigenvalue weighted by atomic mass is 16.6. The summed E-state index contributed by atoms with van der Waals surface area (Å²) in [6, 6.07) is 0. The summed E-state index contributed by atoms with van der Waals surface area (Å²) in [5.74, 6) is -2.84. The molecule has 0 aromatic carbocycles. The van der Waals surface area contributed by atoms with Gasteiger partial charge in [-0.3, -0.25) is 4.79 Å². The van der Waals surface area contributed by atoms with Crippen LogP contribution in [0.3, 0.4) is 0 Å². The van der Waals surface area contributed by atoms with E-state index in [0.717, 1.165) is 6.92 Å². The second kappa shape index (κ2) is 9.49. The lowest BCUT2D eigenvalue weighted by molar-refractivity contribution is -0.396. The zero-order chi connectivity index (χ0) is 19.7. The molecule has 11 nitrogen and oxygen atoms in total. The number of nitrogens with one attached hydrogen (secondary N) is 1. The van der Waals surface area contributed by atoms with E-state index in [2.05, 4.69) is 10.3 Å². The van der Waals surface area contributed by atoms with Crippen LogP contribution in [0.25, 0.3) is 0 Å². The normalized spacial score (nSPS) is 10.9. The van der Waals surface area contributed by atoms with Crippen LogP contribution >= 0.6 is 0 Å². The maximum atomic E-state index is 12.4. The molecule has 1 heterocycles. The van der Waals surface area contributed by atoms with Crippen LogP contribution in [0, 0.1) is 10.1 Å². The van der Waals surface area contributed by atoms with Crippen LogP contribution in [-0.2, 0) is 30.4 Å². The van der Waals surface area contributed by atoms with Gasteiger partial charge < -0.3 is 24.9 Å². The summed E-state index contributed by atoms with van der Waals surface area (Å²) in [5.41, 5.74) is -2.01. The van der Waals surface area contributed by atoms with Gasteiger partial charge in [-0.05, 0) is 31.6 Å². The van der Waals surface area contributed by atoms with Gasteiger partial charge in [0, 0.05) is 6.92 Å². The molecule has 1 rings (SSSR count). The third kappa shape index (κ3) is 5.01. The first-order valence-electron chi connectivity index (χ1n) is 8.07. The number of hydrogen-bond acceptors (Lipinski definition) is 8. The lowest BCUT2D eigenvalue weighted by Gasteiger charge is -2.29. The largest absolute Gasteiger partial charge is 0.464 e. The van der Waals surface area contributed by atoms with Crippen molar-refractivity contribution in [2.75, 3.05) is 13.2 Å². The molecular weight excluding hydrogens is 348 g/mol. The Balaban J connectivity index is 3.03. The number of ether oxygens (including phenoxy) is 2. The standard InChI is InChI=1S/C15H22N4O7/c1-4-25-12(21)15(17-11(3)20,13(22)26-5-2)7-6-9-18-10-8-16-14(18)19(23)24/h8,10H,4-7,9H2,1-3H3,(H,17,20). The summed E-state index contributed by atoms with van der Waals surface area (Å²) in [6.45, 7) is 4.41. The van der Waals surface area contributed by atoms with E-state index < -0.39 is 28.3 Å². The monoisotopic (exact) mass is 370 g/mol. The predicted octanol–water partition coefficient (Wildman–Crippen LogP) is 0.573. The van der Waals surface area contributed by atoms with Crippen LogP contribution in [0.1, 0.15) is 33.6 Å². The minimum absolute atomic E-state index is 0.00651. The maximum Gasteiger partial charge on any atom is 0.434 e. The third-order valence-corrected chi connectivity index (χ3v) is 3.44. The first kappa shape index (κ1) is 21.1. The topological polar surface area (TPSA) is 143 Å². The Morgan fingerprint density at radius 3 is 2.31 bits per heavy atom. The molecule has 1 aromatic heterocycles. The van der Waals surface area contributed by atoms with Crippen LogP contribution in [0.4, 0.5) is 5.95 Å². The highest BCUT2D eigenvalue weighted by Crippen LogP contribution is 2.20. The molecule has 0 saturated carbocycles. The fourth-order valence-electron chi connectivity index (χ4n) is 2.42. The quantitative estimate of drug-likeness (QED) is 0.272. The molecule has 0 bridgehead atoms. The fourth-order valence-corrected chi connectivity index (χ4v) is 2.42. The van der Waals surface area contributed by atoms with E-state index in [9.17, 15) is 24.5 Å². The van der Waals surface area contributed by atoms with Gasteiger partial charge in [-0.2, -0.15) is 0 Å². The molecule has 1 N–H and O–H groups in total. The summed E-state index contributed by atoms with van der Waals surface area (Å²) in [7, 11) is 0. The van der Waals surface area contributed by atoms with Crippen molar-refractivity contribution in [3.63, 3.8) is 0 Å². The molecule has 0 radical (unpaired) electrons. The van der Waals surface area contributed by atoms with E-state index in [1.807, 2.05) is 0 Å².